The lowest BCUT2D eigenvalue weighted by Crippen LogP contribution is -2.48. The molecule has 0 aliphatic carbocycles. The number of carbonyl (C=O) groups excluding carboxylic acids is 1. The third-order valence-corrected chi connectivity index (χ3v) is 1.39. The highest BCUT2D eigenvalue weighted by Crippen LogP contribution is 2.13. The molecule has 0 spiro atoms. The summed E-state index contributed by atoms with van der Waals surface area (Å²) in [5.74, 6) is 0.229. The van der Waals surface area contributed by atoms with Crippen molar-refractivity contribution >= 4 is 5.91 Å². The summed E-state index contributed by atoms with van der Waals surface area (Å²) in [6, 6.07) is 0. The molecule has 8 heavy (non-hydrogen) atoms. The van der Waals surface area contributed by atoms with E-state index in [2.05, 4.69) is 11.9 Å². The van der Waals surface area contributed by atoms with Crippen molar-refractivity contribution in [1.82, 2.24) is 5.32 Å². The zero-order valence-electron chi connectivity index (χ0n) is 4.90. The molecular formula is C6H9NO. The van der Waals surface area contributed by atoms with Gasteiger partial charge in [0.1, 0.15) is 0 Å². The fraction of sp³-hybridized carbons (Fsp3) is 0.500. The molecule has 1 amide bonds. The van der Waals surface area contributed by atoms with Gasteiger partial charge in [0.15, 0.2) is 0 Å². The maximum Gasteiger partial charge on any atom is 0.229 e. The van der Waals surface area contributed by atoms with Crippen LogP contribution in [0.2, 0.25) is 0 Å². The Bertz CT molecular complexity index is 131. The van der Waals surface area contributed by atoms with E-state index in [0.29, 0.717) is 0 Å². The van der Waals surface area contributed by atoms with Gasteiger partial charge in [-0.25, -0.2) is 0 Å². The predicted molar refractivity (Wildman–Crippen MR) is 31.3 cm³/mol. The van der Waals surface area contributed by atoms with Gasteiger partial charge in [0.2, 0.25) is 5.91 Å². The average molecular weight is 111 g/mol. The first-order valence-corrected chi connectivity index (χ1v) is 2.65. The number of carbonyl (C=O) groups is 1. The molecule has 1 N–H and O–H groups in total. The number of β-lactam (4-membered cyclic amide) rings is 1. The highest BCUT2D eigenvalue weighted by atomic mass is 16.2. The summed E-state index contributed by atoms with van der Waals surface area (Å²) >= 11 is 0. The van der Waals surface area contributed by atoms with Crippen LogP contribution in [0.5, 0.6) is 0 Å². The SMILES string of the molecule is C=C(C)C1CNC1=O. The number of hydrogen-bond donors (Lipinski definition) is 1. The van der Waals surface area contributed by atoms with Gasteiger partial charge in [-0.1, -0.05) is 12.2 Å². The van der Waals surface area contributed by atoms with Gasteiger partial charge < -0.3 is 5.32 Å². The van der Waals surface area contributed by atoms with Crippen LogP contribution in [-0.4, -0.2) is 12.5 Å². The van der Waals surface area contributed by atoms with Gasteiger partial charge in [-0.2, -0.15) is 0 Å². The molecule has 2 nitrogen and oxygen atoms in total. The zero-order chi connectivity index (χ0) is 6.15. The largest absolute Gasteiger partial charge is 0.354 e. The van der Waals surface area contributed by atoms with Crippen molar-refractivity contribution in [1.29, 1.82) is 0 Å². The Balaban J connectivity index is 2.49. The summed E-state index contributed by atoms with van der Waals surface area (Å²) in [6.45, 7) is 6.33. The summed E-state index contributed by atoms with van der Waals surface area (Å²) in [7, 11) is 0. The van der Waals surface area contributed by atoms with E-state index >= 15 is 0 Å². The fourth-order valence-electron chi connectivity index (χ4n) is 0.685. The van der Waals surface area contributed by atoms with E-state index in [1.165, 1.54) is 0 Å². The minimum Gasteiger partial charge on any atom is -0.354 e. The first-order chi connectivity index (χ1) is 3.72. The number of amides is 1. The summed E-state index contributed by atoms with van der Waals surface area (Å²) in [6.07, 6.45) is 0. The highest BCUT2D eigenvalue weighted by Gasteiger charge is 2.27. The van der Waals surface area contributed by atoms with Crippen LogP contribution in [0.1, 0.15) is 6.92 Å². The van der Waals surface area contributed by atoms with Crippen LogP contribution in [-0.2, 0) is 4.79 Å². The Morgan fingerprint density at radius 2 is 2.62 bits per heavy atom. The third-order valence-electron chi connectivity index (χ3n) is 1.39. The summed E-state index contributed by atoms with van der Waals surface area (Å²) in [5, 5.41) is 2.64. The molecule has 0 aromatic carbocycles. The molecule has 0 bridgehead atoms. The maximum atomic E-state index is 10.5. The molecule has 0 aromatic rings. The molecule has 0 saturated carbocycles. The lowest BCUT2D eigenvalue weighted by Gasteiger charge is -2.25. The van der Waals surface area contributed by atoms with E-state index in [1.54, 1.807) is 0 Å². The smallest absolute Gasteiger partial charge is 0.229 e. The first-order valence-electron chi connectivity index (χ1n) is 2.65. The topological polar surface area (TPSA) is 29.1 Å². The molecular weight excluding hydrogens is 102 g/mol. The van der Waals surface area contributed by atoms with Crippen molar-refractivity contribution in [2.45, 2.75) is 6.92 Å². The predicted octanol–water partition coefficient (Wildman–Crippen LogP) is 0.309. The van der Waals surface area contributed by atoms with E-state index in [9.17, 15) is 4.79 Å². The standard InChI is InChI=1S/C6H9NO/c1-4(2)5-3-7-6(5)8/h5H,1,3H2,2H3,(H,7,8). The minimum atomic E-state index is 0.106. The third kappa shape index (κ3) is 0.619. The van der Waals surface area contributed by atoms with E-state index < -0.39 is 0 Å². The summed E-state index contributed by atoms with van der Waals surface area (Å²) < 4.78 is 0. The Hall–Kier alpha value is -0.790. The second kappa shape index (κ2) is 1.62. The van der Waals surface area contributed by atoms with Gasteiger partial charge >= 0.3 is 0 Å². The van der Waals surface area contributed by atoms with Crippen LogP contribution in [0.4, 0.5) is 0 Å². The van der Waals surface area contributed by atoms with E-state index in [0.717, 1.165) is 12.1 Å². The Morgan fingerprint density at radius 1 is 2.00 bits per heavy atom. The van der Waals surface area contributed by atoms with Crippen molar-refractivity contribution in [2.24, 2.45) is 5.92 Å². The van der Waals surface area contributed by atoms with Gasteiger partial charge in [0.25, 0.3) is 0 Å². The quantitative estimate of drug-likeness (QED) is 0.383. The van der Waals surface area contributed by atoms with Crippen LogP contribution in [0, 0.1) is 5.92 Å². The molecule has 1 aliphatic heterocycles. The van der Waals surface area contributed by atoms with Crippen molar-refractivity contribution in [3.8, 4) is 0 Å². The first kappa shape index (κ1) is 5.35. The molecule has 44 valence electrons. The highest BCUT2D eigenvalue weighted by molar-refractivity contribution is 5.86. The summed E-state index contributed by atoms with van der Waals surface area (Å²) in [5.41, 5.74) is 0.966. The van der Waals surface area contributed by atoms with E-state index in [1.807, 2.05) is 6.92 Å². The van der Waals surface area contributed by atoms with Gasteiger partial charge in [0, 0.05) is 6.54 Å². The monoisotopic (exact) mass is 111 g/mol. The van der Waals surface area contributed by atoms with Crippen molar-refractivity contribution in [3.05, 3.63) is 12.2 Å². The lowest BCUT2D eigenvalue weighted by molar-refractivity contribution is -0.129. The van der Waals surface area contributed by atoms with Gasteiger partial charge in [-0.3, -0.25) is 4.79 Å². The molecule has 1 rings (SSSR count). The molecule has 1 aliphatic rings. The average Bonchev–Trinajstić information content (AvgIpc) is 1.61. The number of hydrogen-bond acceptors (Lipinski definition) is 1. The lowest BCUT2D eigenvalue weighted by atomic mass is 9.95. The van der Waals surface area contributed by atoms with E-state index in [-0.39, 0.29) is 11.8 Å². The van der Waals surface area contributed by atoms with Gasteiger partial charge in [-0.05, 0) is 6.92 Å². The maximum absolute atomic E-state index is 10.5. The molecule has 0 radical (unpaired) electrons. The Labute approximate surface area is 48.6 Å². The second-order valence-electron chi connectivity index (χ2n) is 2.14. The van der Waals surface area contributed by atoms with Crippen LogP contribution in [0.3, 0.4) is 0 Å². The fourth-order valence-corrected chi connectivity index (χ4v) is 0.685. The summed E-state index contributed by atoms with van der Waals surface area (Å²) in [4.78, 5) is 10.5. The van der Waals surface area contributed by atoms with Crippen LogP contribution < -0.4 is 5.32 Å². The molecule has 2 heteroatoms. The van der Waals surface area contributed by atoms with Crippen molar-refractivity contribution in [2.75, 3.05) is 6.54 Å². The molecule has 1 atom stereocenters. The van der Waals surface area contributed by atoms with Crippen molar-refractivity contribution in [3.63, 3.8) is 0 Å². The second-order valence-corrected chi connectivity index (χ2v) is 2.14. The molecule has 0 aromatic heterocycles. The van der Waals surface area contributed by atoms with Crippen LogP contribution in [0.15, 0.2) is 12.2 Å². The Kier molecular flexibility index (Phi) is 1.08. The van der Waals surface area contributed by atoms with Crippen molar-refractivity contribution < 1.29 is 4.79 Å². The molecule has 1 saturated heterocycles. The van der Waals surface area contributed by atoms with Gasteiger partial charge in [-0.15, -0.1) is 0 Å². The number of nitrogens with one attached hydrogen (secondary N) is 1. The molecule has 1 heterocycles. The normalized spacial score (nSPS) is 26.1. The zero-order valence-corrected chi connectivity index (χ0v) is 4.90. The molecule has 1 unspecified atom stereocenters. The number of rotatable bonds is 1. The van der Waals surface area contributed by atoms with E-state index in [4.69, 9.17) is 0 Å². The molecule has 1 fully saturated rings. The van der Waals surface area contributed by atoms with Crippen LogP contribution >= 0.6 is 0 Å². The Morgan fingerprint density at radius 3 is 2.62 bits per heavy atom. The van der Waals surface area contributed by atoms with Gasteiger partial charge in [0.05, 0.1) is 5.92 Å². The minimum absolute atomic E-state index is 0.106. The van der Waals surface area contributed by atoms with Crippen LogP contribution in [0.25, 0.3) is 0 Å².